The van der Waals surface area contributed by atoms with E-state index in [1.165, 1.54) is 11.3 Å². The maximum absolute atomic E-state index is 13.7. The molecule has 10 heteroatoms. The molecule has 1 amide bonds. The molecule has 1 heterocycles. The van der Waals surface area contributed by atoms with Crippen LogP contribution in [0.1, 0.15) is 39.4 Å². The van der Waals surface area contributed by atoms with Crippen molar-refractivity contribution in [3.8, 4) is 0 Å². The summed E-state index contributed by atoms with van der Waals surface area (Å²) >= 11 is 1.28. The highest BCUT2D eigenvalue weighted by molar-refractivity contribution is 7.89. The van der Waals surface area contributed by atoms with Gasteiger partial charge >= 0.3 is 0 Å². The molecule has 0 unspecified atom stereocenters. The second-order valence-electron chi connectivity index (χ2n) is 5.85. The van der Waals surface area contributed by atoms with Gasteiger partial charge in [0.15, 0.2) is 17.5 Å². The molecule has 140 valence electrons. The lowest BCUT2D eigenvalue weighted by Gasteiger charge is -2.09. The standard InChI is InChI=1S/C16H15F3N2O3S2/c17-10-6-7-13(15(19)14(10)18)26(23,24)21-20-16(22)12-8-9-4-2-1-3-5-11(9)25-12/h6-8,21H,1-5H2,(H,20,22). The molecule has 3 rings (SSSR count). The van der Waals surface area contributed by atoms with E-state index >= 15 is 0 Å². The first-order valence-corrected chi connectivity index (χ1v) is 10.2. The Hall–Kier alpha value is -1.91. The van der Waals surface area contributed by atoms with Crippen molar-refractivity contribution in [2.45, 2.75) is 37.0 Å². The van der Waals surface area contributed by atoms with Crippen LogP contribution in [0, 0.1) is 17.5 Å². The van der Waals surface area contributed by atoms with Crippen molar-refractivity contribution in [3.63, 3.8) is 0 Å². The van der Waals surface area contributed by atoms with Gasteiger partial charge in [-0.2, -0.15) is 0 Å². The number of nitrogens with one attached hydrogen (secondary N) is 2. The summed E-state index contributed by atoms with van der Waals surface area (Å²) in [5.74, 6) is -5.96. The fourth-order valence-electron chi connectivity index (χ4n) is 2.73. The zero-order valence-corrected chi connectivity index (χ0v) is 15.1. The second-order valence-corrected chi connectivity index (χ2v) is 8.64. The molecule has 1 aromatic heterocycles. The Morgan fingerprint density at radius 1 is 1.04 bits per heavy atom. The minimum atomic E-state index is -4.60. The lowest BCUT2D eigenvalue weighted by atomic mass is 10.1. The minimum absolute atomic E-state index is 0.324. The fraction of sp³-hybridized carbons (Fsp3) is 0.312. The van der Waals surface area contributed by atoms with E-state index in [2.05, 4.69) is 0 Å². The number of carbonyl (C=O) groups excluding carboxylic acids is 1. The number of aryl methyl sites for hydroxylation is 2. The lowest BCUT2D eigenvalue weighted by molar-refractivity contribution is 0.0949. The molecule has 0 atom stereocenters. The Bertz CT molecular complexity index is 934. The molecule has 0 radical (unpaired) electrons. The van der Waals surface area contributed by atoms with Crippen molar-refractivity contribution >= 4 is 27.3 Å². The van der Waals surface area contributed by atoms with E-state index in [1.54, 1.807) is 10.9 Å². The van der Waals surface area contributed by atoms with Crippen LogP contribution in [0.2, 0.25) is 0 Å². The van der Waals surface area contributed by atoms with Crippen LogP contribution in [0.4, 0.5) is 13.2 Å². The van der Waals surface area contributed by atoms with Crippen molar-refractivity contribution in [2.75, 3.05) is 0 Å². The molecule has 0 fully saturated rings. The SMILES string of the molecule is O=C(NNS(=O)(=O)c1ccc(F)c(F)c1F)c1cc2c(s1)CCCCC2. The molecule has 0 saturated carbocycles. The molecule has 0 saturated heterocycles. The van der Waals surface area contributed by atoms with E-state index in [9.17, 15) is 26.4 Å². The number of rotatable bonds is 4. The predicted molar refractivity (Wildman–Crippen MR) is 89.7 cm³/mol. The van der Waals surface area contributed by atoms with E-state index in [1.807, 2.05) is 5.43 Å². The smallest absolute Gasteiger partial charge is 0.273 e. The zero-order valence-electron chi connectivity index (χ0n) is 13.4. The van der Waals surface area contributed by atoms with Crippen molar-refractivity contribution in [1.29, 1.82) is 0 Å². The molecule has 26 heavy (non-hydrogen) atoms. The molecule has 1 aromatic carbocycles. The topological polar surface area (TPSA) is 75.3 Å². The van der Waals surface area contributed by atoms with Crippen LogP contribution in [0.3, 0.4) is 0 Å². The number of amides is 1. The molecule has 2 aromatic rings. The van der Waals surface area contributed by atoms with Gasteiger partial charge in [0.2, 0.25) is 0 Å². The Morgan fingerprint density at radius 2 is 1.77 bits per heavy atom. The first kappa shape index (κ1) is 18.9. The van der Waals surface area contributed by atoms with Gasteiger partial charge < -0.3 is 0 Å². The average Bonchev–Trinajstić information content (AvgIpc) is 2.88. The van der Waals surface area contributed by atoms with E-state index in [4.69, 9.17) is 0 Å². The van der Waals surface area contributed by atoms with Gasteiger partial charge in [0, 0.05) is 4.88 Å². The molecule has 0 spiro atoms. The first-order chi connectivity index (χ1) is 12.3. The highest BCUT2D eigenvalue weighted by Crippen LogP contribution is 2.29. The van der Waals surface area contributed by atoms with E-state index in [0.29, 0.717) is 17.0 Å². The molecular weight excluding hydrogens is 389 g/mol. The number of halogens is 3. The van der Waals surface area contributed by atoms with Crippen molar-refractivity contribution in [3.05, 3.63) is 51.0 Å². The lowest BCUT2D eigenvalue weighted by Crippen LogP contribution is -2.41. The van der Waals surface area contributed by atoms with Gasteiger partial charge in [0.25, 0.3) is 15.9 Å². The van der Waals surface area contributed by atoms with Gasteiger partial charge in [-0.15, -0.1) is 16.2 Å². The number of hydrogen-bond donors (Lipinski definition) is 2. The summed E-state index contributed by atoms with van der Waals surface area (Å²) < 4.78 is 63.9. The van der Waals surface area contributed by atoms with E-state index in [0.717, 1.165) is 42.5 Å². The largest absolute Gasteiger partial charge is 0.276 e. The Kier molecular flexibility index (Phi) is 5.35. The minimum Gasteiger partial charge on any atom is -0.273 e. The van der Waals surface area contributed by atoms with Gasteiger partial charge in [0.1, 0.15) is 4.90 Å². The summed E-state index contributed by atoms with van der Waals surface area (Å²) in [6.45, 7) is 0. The molecular formula is C16H15F3N2O3S2. The summed E-state index contributed by atoms with van der Waals surface area (Å²) in [5, 5.41) is 0. The number of carbonyl (C=O) groups is 1. The first-order valence-electron chi connectivity index (χ1n) is 7.87. The Balaban J connectivity index is 1.74. The summed E-state index contributed by atoms with van der Waals surface area (Å²) in [6, 6.07) is 2.79. The van der Waals surface area contributed by atoms with Crippen molar-refractivity contribution in [1.82, 2.24) is 10.3 Å². The fourth-order valence-corrected chi connectivity index (χ4v) is 4.78. The molecule has 0 aliphatic heterocycles. The van der Waals surface area contributed by atoms with Crippen LogP contribution >= 0.6 is 11.3 Å². The third-order valence-corrected chi connectivity index (χ3v) is 6.56. The van der Waals surface area contributed by atoms with Crippen LogP contribution in [0.5, 0.6) is 0 Å². The molecule has 0 bridgehead atoms. The zero-order chi connectivity index (χ0) is 18.9. The van der Waals surface area contributed by atoms with Crippen LogP contribution in [0.15, 0.2) is 23.1 Å². The van der Waals surface area contributed by atoms with Gasteiger partial charge in [-0.3, -0.25) is 10.2 Å². The number of sulfonamides is 1. The van der Waals surface area contributed by atoms with Gasteiger partial charge in [-0.05, 0) is 49.4 Å². The number of hydrazine groups is 1. The third-order valence-electron chi connectivity index (χ3n) is 4.06. The molecule has 5 nitrogen and oxygen atoms in total. The van der Waals surface area contributed by atoms with E-state index < -0.39 is 38.3 Å². The highest BCUT2D eigenvalue weighted by Gasteiger charge is 2.25. The summed E-state index contributed by atoms with van der Waals surface area (Å²) in [5.41, 5.74) is 3.05. The summed E-state index contributed by atoms with van der Waals surface area (Å²) in [6.07, 6.45) is 4.94. The number of benzene rings is 1. The predicted octanol–water partition coefficient (Wildman–Crippen LogP) is 3.06. The van der Waals surface area contributed by atoms with E-state index in [-0.39, 0.29) is 0 Å². The maximum atomic E-state index is 13.7. The van der Waals surface area contributed by atoms with Crippen LogP contribution in [-0.4, -0.2) is 14.3 Å². The molecule has 1 aliphatic rings. The highest BCUT2D eigenvalue weighted by atomic mass is 32.2. The van der Waals surface area contributed by atoms with Crippen LogP contribution in [-0.2, 0) is 22.9 Å². The summed E-state index contributed by atoms with van der Waals surface area (Å²) in [7, 11) is -4.60. The summed E-state index contributed by atoms with van der Waals surface area (Å²) in [4.78, 5) is 14.2. The van der Waals surface area contributed by atoms with Crippen molar-refractivity contribution < 1.29 is 26.4 Å². The van der Waals surface area contributed by atoms with Crippen LogP contribution in [0.25, 0.3) is 0 Å². The van der Waals surface area contributed by atoms with Gasteiger partial charge in [-0.25, -0.2) is 21.6 Å². The normalized spacial score (nSPS) is 14.6. The number of thiophene rings is 1. The van der Waals surface area contributed by atoms with Crippen molar-refractivity contribution in [2.24, 2.45) is 0 Å². The molecule has 2 N–H and O–H groups in total. The monoisotopic (exact) mass is 404 g/mol. The molecule has 1 aliphatic carbocycles. The number of hydrogen-bond acceptors (Lipinski definition) is 4. The van der Waals surface area contributed by atoms with Gasteiger partial charge in [0.05, 0.1) is 4.88 Å². The second kappa shape index (κ2) is 7.37. The Morgan fingerprint density at radius 3 is 2.54 bits per heavy atom. The Labute approximate surface area is 152 Å². The maximum Gasteiger partial charge on any atom is 0.276 e. The number of fused-ring (bicyclic) bond motifs is 1. The quantitative estimate of drug-likeness (QED) is 0.467. The van der Waals surface area contributed by atoms with Gasteiger partial charge in [-0.1, -0.05) is 6.42 Å². The average molecular weight is 404 g/mol. The third kappa shape index (κ3) is 3.76. The van der Waals surface area contributed by atoms with Crippen LogP contribution < -0.4 is 10.3 Å².